The van der Waals surface area contributed by atoms with Gasteiger partial charge in [-0.3, -0.25) is 0 Å². The normalized spacial score (nSPS) is 14.3. The predicted octanol–water partition coefficient (Wildman–Crippen LogP) is 15.1. The minimum absolute atomic E-state index is 0.378. The zero-order valence-electron chi connectivity index (χ0n) is 34.9. The van der Waals surface area contributed by atoms with E-state index < -0.39 is 0 Å². The molecular weight excluding hydrogens is 797 g/mol. The second-order valence-corrected chi connectivity index (χ2v) is 16.9. The number of para-hydroxylation sites is 2. The SMILES string of the molecule is c1ccc(C2N=C(c3ccc(-n4c5ccccc5c5cc6ccccc6cc54)c(-c4cccc5oc6ccc7ccccc7c6c45)c3)N=C(c3ccc4oc5ccccc5c4c3)N2)cc1. The van der Waals surface area contributed by atoms with Gasteiger partial charge in [-0.05, 0) is 105 Å². The molecular formula is C59H36N4O2. The summed E-state index contributed by atoms with van der Waals surface area (Å²) in [6.07, 6.45) is -0.378. The van der Waals surface area contributed by atoms with Crippen LogP contribution in [0.15, 0.2) is 225 Å². The molecule has 1 unspecified atom stereocenters. The Morgan fingerprint density at radius 1 is 0.415 bits per heavy atom. The summed E-state index contributed by atoms with van der Waals surface area (Å²) in [6.45, 7) is 0. The van der Waals surface area contributed by atoms with Gasteiger partial charge in [-0.15, -0.1) is 0 Å². The molecule has 1 aliphatic heterocycles. The minimum Gasteiger partial charge on any atom is -0.456 e. The number of nitrogens with zero attached hydrogens (tertiary/aromatic N) is 3. The van der Waals surface area contributed by atoms with Crippen LogP contribution in [-0.2, 0) is 0 Å². The fourth-order valence-electron chi connectivity index (χ4n) is 10.2. The minimum atomic E-state index is -0.378. The van der Waals surface area contributed by atoms with Gasteiger partial charge in [-0.2, -0.15) is 0 Å². The van der Waals surface area contributed by atoms with Gasteiger partial charge in [-0.25, -0.2) is 9.98 Å². The van der Waals surface area contributed by atoms with E-state index in [2.05, 4.69) is 192 Å². The van der Waals surface area contributed by atoms with E-state index in [0.717, 1.165) is 99.6 Å². The molecule has 14 rings (SSSR count). The number of nitrogens with one attached hydrogen (secondary N) is 1. The lowest BCUT2D eigenvalue weighted by atomic mass is 9.94. The molecule has 0 saturated heterocycles. The van der Waals surface area contributed by atoms with Gasteiger partial charge in [0, 0.05) is 49.0 Å². The molecule has 65 heavy (non-hydrogen) atoms. The van der Waals surface area contributed by atoms with Crippen molar-refractivity contribution in [2.75, 3.05) is 0 Å². The Labute approximate surface area is 372 Å². The first-order chi connectivity index (χ1) is 32.2. The molecule has 1 atom stereocenters. The maximum absolute atomic E-state index is 6.70. The van der Waals surface area contributed by atoms with E-state index in [4.69, 9.17) is 18.8 Å². The monoisotopic (exact) mass is 832 g/mol. The van der Waals surface area contributed by atoms with Gasteiger partial charge < -0.3 is 18.7 Å². The molecule has 0 aliphatic carbocycles. The van der Waals surface area contributed by atoms with E-state index in [9.17, 15) is 0 Å². The molecule has 10 aromatic carbocycles. The number of aliphatic imine (C=N–C) groups is 2. The van der Waals surface area contributed by atoms with Crippen molar-refractivity contribution in [1.29, 1.82) is 0 Å². The first-order valence-corrected chi connectivity index (χ1v) is 22.0. The van der Waals surface area contributed by atoms with Crippen molar-refractivity contribution in [2.45, 2.75) is 6.17 Å². The average molecular weight is 833 g/mol. The molecule has 0 amide bonds. The van der Waals surface area contributed by atoms with E-state index in [1.165, 1.54) is 26.9 Å². The highest BCUT2D eigenvalue weighted by atomic mass is 16.3. The van der Waals surface area contributed by atoms with Gasteiger partial charge in [0.2, 0.25) is 0 Å². The Hall–Kier alpha value is -8.74. The number of hydrogen-bond donors (Lipinski definition) is 1. The van der Waals surface area contributed by atoms with Crippen LogP contribution >= 0.6 is 0 Å². The fraction of sp³-hybridized carbons (Fsp3) is 0.0169. The third-order valence-corrected chi connectivity index (χ3v) is 13.2. The molecule has 6 nitrogen and oxygen atoms in total. The number of rotatable bonds is 5. The molecule has 304 valence electrons. The number of hydrogen-bond acceptors (Lipinski definition) is 5. The quantitative estimate of drug-likeness (QED) is 0.188. The Balaban J connectivity index is 1.05. The van der Waals surface area contributed by atoms with Gasteiger partial charge in [-0.1, -0.05) is 133 Å². The summed E-state index contributed by atoms with van der Waals surface area (Å²) >= 11 is 0. The van der Waals surface area contributed by atoms with Crippen molar-refractivity contribution < 1.29 is 8.83 Å². The highest BCUT2D eigenvalue weighted by Gasteiger charge is 2.25. The zero-order chi connectivity index (χ0) is 42.6. The molecule has 1 aliphatic rings. The molecule has 0 saturated carbocycles. The van der Waals surface area contributed by atoms with E-state index in [1.807, 2.05) is 24.3 Å². The molecule has 4 heterocycles. The highest BCUT2D eigenvalue weighted by molar-refractivity contribution is 6.24. The molecule has 0 radical (unpaired) electrons. The first kappa shape index (κ1) is 35.8. The smallest absolute Gasteiger partial charge is 0.159 e. The zero-order valence-corrected chi connectivity index (χ0v) is 34.9. The van der Waals surface area contributed by atoms with Crippen LogP contribution in [0.1, 0.15) is 22.9 Å². The van der Waals surface area contributed by atoms with E-state index >= 15 is 0 Å². The van der Waals surface area contributed by atoms with Crippen LogP contribution in [0, 0.1) is 0 Å². The van der Waals surface area contributed by atoms with Gasteiger partial charge in [0.25, 0.3) is 0 Å². The van der Waals surface area contributed by atoms with E-state index in [0.29, 0.717) is 5.84 Å². The second-order valence-electron chi connectivity index (χ2n) is 16.9. The van der Waals surface area contributed by atoms with Gasteiger partial charge >= 0.3 is 0 Å². The van der Waals surface area contributed by atoms with Crippen molar-refractivity contribution in [2.24, 2.45) is 9.98 Å². The molecule has 0 spiro atoms. The second kappa shape index (κ2) is 13.9. The van der Waals surface area contributed by atoms with Crippen LogP contribution in [0.2, 0.25) is 0 Å². The maximum Gasteiger partial charge on any atom is 0.159 e. The lowest BCUT2D eigenvalue weighted by molar-refractivity contribution is 0.668. The molecule has 13 aromatic rings. The molecule has 1 N–H and O–H groups in total. The third kappa shape index (κ3) is 5.54. The summed E-state index contributed by atoms with van der Waals surface area (Å²) in [4.78, 5) is 10.8. The Kier molecular flexibility index (Phi) is 7.65. The number of aromatic nitrogens is 1. The van der Waals surface area contributed by atoms with Crippen molar-refractivity contribution in [3.8, 4) is 16.8 Å². The first-order valence-electron chi connectivity index (χ1n) is 22.0. The van der Waals surface area contributed by atoms with Gasteiger partial charge in [0.15, 0.2) is 5.84 Å². The summed E-state index contributed by atoms with van der Waals surface area (Å²) in [5, 5.41) is 15.1. The van der Waals surface area contributed by atoms with E-state index in [1.54, 1.807) is 0 Å². The standard InChI is InChI=1S/C59H36N4O2/c1-2-14-36(15-3-1)57-60-58(62-59(61-57)40-27-29-52-47(33-40)43-20-9-11-23-51(43)64-52)39-25-28-49(63-48-22-10-8-19-42(48)45-31-37-16-4-5-17-38(37)34-50(45)63)46(32-39)44-21-12-24-53-56(44)55-41-18-7-6-13-35(41)26-30-54(55)65-53/h1-34,57H,(H,60,61,62). The van der Waals surface area contributed by atoms with Crippen molar-refractivity contribution in [3.63, 3.8) is 0 Å². The largest absolute Gasteiger partial charge is 0.456 e. The Bertz CT molecular complexity index is 4170. The molecule has 3 aromatic heterocycles. The third-order valence-electron chi connectivity index (χ3n) is 13.2. The van der Waals surface area contributed by atoms with Crippen molar-refractivity contribution >= 4 is 98.9 Å². The summed E-state index contributed by atoms with van der Waals surface area (Å²) in [5.74, 6) is 1.38. The van der Waals surface area contributed by atoms with Crippen molar-refractivity contribution in [3.05, 3.63) is 223 Å². The summed E-state index contributed by atoms with van der Waals surface area (Å²) in [5.41, 5.74) is 11.7. The molecule has 6 heteroatoms. The topological polar surface area (TPSA) is 68.0 Å². The van der Waals surface area contributed by atoms with Gasteiger partial charge in [0.05, 0.1) is 16.7 Å². The highest BCUT2D eigenvalue weighted by Crippen LogP contribution is 2.44. The fourth-order valence-corrected chi connectivity index (χ4v) is 10.2. The van der Waals surface area contributed by atoms with E-state index in [-0.39, 0.29) is 6.17 Å². The number of furan rings is 2. The lowest BCUT2D eigenvalue weighted by Gasteiger charge is -2.24. The van der Waals surface area contributed by atoms with Crippen molar-refractivity contribution in [1.82, 2.24) is 9.88 Å². The van der Waals surface area contributed by atoms with Crippen LogP contribution in [0.4, 0.5) is 0 Å². The summed E-state index contributed by atoms with van der Waals surface area (Å²) in [6, 6.07) is 72.9. The van der Waals surface area contributed by atoms with Crippen LogP contribution in [0.5, 0.6) is 0 Å². The predicted molar refractivity (Wildman–Crippen MR) is 268 cm³/mol. The number of benzene rings is 10. The summed E-state index contributed by atoms with van der Waals surface area (Å²) < 4.78 is 15.4. The molecule has 0 bridgehead atoms. The number of fused-ring (bicyclic) bond motifs is 12. The van der Waals surface area contributed by atoms with Crippen LogP contribution in [0.3, 0.4) is 0 Å². The van der Waals surface area contributed by atoms with Crippen LogP contribution < -0.4 is 5.32 Å². The number of amidine groups is 2. The Morgan fingerprint density at radius 2 is 1.09 bits per heavy atom. The van der Waals surface area contributed by atoms with Crippen LogP contribution in [-0.4, -0.2) is 16.2 Å². The van der Waals surface area contributed by atoms with Crippen LogP contribution in [0.25, 0.3) is 104 Å². The summed E-state index contributed by atoms with van der Waals surface area (Å²) in [7, 11) is 0. The molecule has 0 fully saturated rings. The van der Waals surface area contributed by atoms with Gasteiger partial charge in [0.1, 0.15) is 34.3 Å². The average Bonchev–Trinajstić information content (AvgIpc) is 4.05. The lowest BCUT2D eigenvalue weighted by Crippen LogP contribution is -2.33. The Morgan fingerprint density at radius 3 is 1.98 bits per heavy atom. The maximum atomic E-state index is 6.70.